The second-order valence-corrected chi connectivity index (χ2v) is 3.51. The van der Waals surface area contributed by atoms with Crippen LogP contribution in [0.3, 0.4) is 0 Å². The standard InChI is InChI=1S/C9H14F3NO/c1-14-8-5-7(3-2-4-13-8)6-9(10,11)12/h7H,2-6H2,1H3. The Morgan fingerprint density at radius 2 is 2.21 bits per heavy atom. The summed E-state index contributed by atoms with van der Waals surface area (Å²) in [6, 6.07) is 0. The molecule has 0 amide bonds. The van der Waals surface area contributed by atoms with Crippen LogP contribution in [0.5, 0.6) is 0 Å². The fraction of sp³-hybridized carbons (Fsp3) is 0.889. The fourth-order valence-corrected chi connectivity index (χ4v) is 1.65. The maximum atomic E-state index is 12.1. The number of rotatable bonds is 1. The van der Waals surface area contributed by atoms with E-state index in [-0.39, 0.29) is 5.92 Å². The lowest BCUT2D eigenvalue weighted by Crippen LogP contribution is -2.17. The Hall–Kier alpha value is -0.740. The van der Waals surface area contributed by atoms with Crippen LogP contribution in [0.4, 0.5) is 13.2 Å². The summed E-state index contributed by atoms with van der Waals surface area (Å²) in [5.74, 6) is 0.0907. The van der Waals surface area contributed by atoms with Gasteiger partial charge in [0, 0.05) is 19.4 Å². The molecular weight excluding hydrogens is 195 g/mol. The summed E-state index contributed by atoms with van der Waals surface area (Å²) in [6.07, 6.45) is -3.19. The zero-order valence-electron chi connectivity index (χ0n) is 8.10. The van der Waals surface area contributed by atoms with Gasteiger partial charge in [0.1, 0.15) is 0 Å². The average Bonchev–Trinajstić information content (AvgIpc) is 2.26. The van der Waals surface area contributed by atoms with Gasteiger partial charge >= 0.3 is 6.18 Å². The van der Waals surface area contributed by atoms with Crippen LogP contribution in [0, 0.1) is 5.92 Å². The number of hydrogen-bond donors (Lipinski definition) is 0. The normalized spacial score (nSPS) is 24.0. The highest BCUT2D eigenvalue weighted by Gasteiger charge is 2.32. The molecule has 0 saturated carbocycles. The van der Waals surface area contributed by atoms with Crippen molar-refractivity contribution in [2.45, 2.75) is 31.9 Å². The van der Waals surface area contributed by atoms with Crippen molar-refractivity contribution in [1.82, 2.24) is 0 Å². The van der Waals surface area contributed by atoms with Crippen molar-refractivity contribution in [2.24, 2.45) is 10.9 Å². The van der Waals surface area contributed by atoms with Crippen molar-refractivity contribution in [3.05, 3.63) is 0 Å². The Bertz CT molecular complexity index is 213. The van der Waals surface area contributed by atoms with Gasteiger partial charge in [-0.25, -0.2) is 0 Å². The van der Waals surface area contributed by atoms with Crippen LogP contribution in [0.2, 0.25) is 0 Å². The van der Waals surface area contributed by atoms with E-state index < -0.39 is 12.6 Å². The molecule has 0 N–H and O–H groups in total. The molecular formula is C9H14F3NO. The van der Waals surface area contributed by atoms with E-state index >= 15 is 0 Å². The molecule has 1 aliphatic heterocycles. The summed E-state index contributed by atoms with van der Waals surface area (Å²) >= 11 is 0. The van der Waals surface area contributed by atoms with E-state index in [1.807, 2.05) is 0 Å². The van der Waals surface area contributed by atoms with Gasteiger partial charge in [-0.2, -0.15) is 13.2 Å². The number of methoxy groups -OCH3 is 1. The minimum Gasteiger partial charge on any atom is -0.484 e. The molecule has 0 aromatic carbocycles. The van der Waals surface area contributed by atoms with E-state index in [9.17, 15) is 13.2 Å². The first kappa shape index (κ1) is 11.3. The van der Waals surface area contributed by atoms with E-state index in [0.29, 0.717) is 31.7 Å². The second kappa shape index (κ2) is 4.66. The highest BCUT2D eigenvalue weighted by molar-refractivity contribution is 5.76. The Labute approximate surface area is 81.2 Å². The quantitative estimate of drug-likeness (QED) is 0.650. The summed E-state index contributed by atoms with van der Waals surface area (Å²) in [7, 11) is 1.45. The predicted molar refractivity (Wildman–Crippen MR) is 47.3 cm³/mol. The molecule has 0 aromatic heterocycles. The highest BCUT2D eigenvalue weighted by Crippen LogP contribution is 2.30. The third kappa shape index (κ3) is 3.98. The molecule has 2 nitrogen and oxygen atoms in total. The third-order valence-electron chi connectivity index (χ3n) is 2.28. The Balaban J connectivity index is 2.50. The molecule has 1 rings (SSSR count). The van der Waals surface area contributed by atoms with Crippen molar-refractivity contribution in [1.29, 1.82) is 0 Å². The van der Waals surface area contributed by atoms with Gasteiger partial charge in [-0.3, -0.25) is 4.99 Å². The molecule has 0 bridgehead atoms. The third-order valence-corrected chi connectivity index (χ3v) is 2.28. The minimum atomic E-state index is -4.08. The van der Waals surface area contributed by atoms with Crippen LogP contribution < -0.4 is 0 Å². The van der Waals surface area contributed by atoms with Gasteiger partial charge in [-0.15, -0.1) is 0 Å². The highest BCUT2D eigenvalue weighted by atomic mass is 19.4. The first-order chi connectivity index (χ1) is 6.51. The molecule has 0 fully saturated rings. The molecule has 0 aliphatic carbocycles. The fourth-order valence-electron chi connectivity index (χ4n) is 1.65. The first-order valence-corrected chi connectivity index (χ1v) is 4.65. The SMILES string of the molecule is COC1=NCCCC(CC(F)(F)F)C1. The summed E-state index contributed by atoms with van der Waals surface area (Å²) in [5.41, 5.74) is 0. The average molecular weight is 209 g/mol. The molecule has 0 aromatic rings. The van der Waals surface area contributed by atoms with Gasteiger partial charge in [-0.05, 0) is 18.8 Å². The molecule has 1 atom stereocenters. The monoisotopic (exact) mass is 209 g/mol. The van der Waals surface area contributed by atoms with E-state index in [2.05, 4.69) is 4.99 Å². The number of aliphatic imine (C=N–C) groups is 1. The van der Waals surface area contributed by atoms with Crippen molar-refractivity contribution in [3.63, 3.8) is 0 Å². The Kier molecular flexibility index (Phi) is 3.77. The summed E-state index contributed by atoms with van der Waals surface area (Å²) in [4.78, 5) is 4.05. The van der Waals surface area contributed by atoms with Gasteiger partial charge in [0.25, 0.3) is 0 Å². The van der Waals surface area contributed by atoms with Gasteiger partial charge in [0.2, 0.25) is 0 Å². The van der Waals surface area contributed by atoms with E-state index in [0.717, 1.165) is 0 Å². The van der Waals surface area contributed by atoms with E-state index in [1.54, 1.807) is 0 Å². The first-order valence-electron chi connectivity index (χ1n) is 4.65. The lowest BCUT2D eigenvalue weighted by molar-refractivity contribution is -0.144. The summed E-state index contributed by atoms with van der Waals surface area (Å²) < 4.78 is 41.3. The molecule has 0 saturated heterocycles. The van der Waals surface area contributed by atoms with Crippen LogP contribution in [-0.2, 0) is 4.74 Å². The molecule has 1 unspecified atom stereocenters. The number of alkyl halides is 3. The van der Waals surface area contributed by atoms with Crippen LogP contribution in [-0.4, -0.2) is 25.7 Å². The van der Waals surface area contributed by atoms with Crippen LogP contribution in [0.25, 0.3) is 0 Å². The molecule has 82 valence electrons. The maximum absolute atomic E-state index is 12.1. The van der Waals surface area contributed by atoms with Gasteiger partial charge in [0.15, 0.2) is 5.90 Å². The molecule has 0 spiro atoms. The van der Waals surface area contributed by atoms with Crippen molar-refractivity contribution in [3.8, 4) is 0 Å². The Morgan fingerprint density at radius 1 is 1.50 bits per heavy atom. The molecule has 1 heterocycles. The Morgan fingerprint density at radius 3 is 2.79 bits per heavy atom. The largest absolute Gasteiger partial charge is 0.484 e. The van der Waals surface area contributed by atoms with Crippen LogP contribution >= 0.6 is 0 Å². The zero-order valence-corrected chi connectivity index (χ0v) is 8.10. The zero-order chi connectivity index (χ0) is 10.6. The van der Waals surface area contributed by atoms with Crippen molar-refractivity contribution < 1.29 is 17.9 Å². The van der Waals surface area contributed by atoms with E-state index in [1.165, 1.54) is 7.11 Å². The predicted octanol–water partition coefficient (Wildman–Crippen LogP) is 2.78. The molecule has 1 aliphatic rings. The molecule has 14 heavy (non-hydrogen) atoms. The number of hydrogen-bond acceptors (Lipinski definition) is 2. The van der Waals surface area contributed by atoms with Crippen LogP contribution in [0.15, 0.2) is 4.99 Å². The number of nitrogens with zero attached hydrogens (tertiary/aromatic N) is 1. The van der Waals surface area contributed by atoms with Gasteiger partial charge in [0.05, 0.1) is 7.11 Å². The summed E-state index contributed by atoms with van der Waals surface area (Å²) in [6.45, 7) is 0.581. The second-order valence-electron chi connectivity index (χ2n) is 3.51. The van der Waals surface area contributed by atoms with Gasteiger partial charge in [-0.1, -0.05) is 0 Å². The molecule has 0 radical (unpaired) electrons. The topological polar surface area (TPSA) is 21.6 Å². The van der Waals surface area contributed by atoms with E-state index in [4.69, 9.17) is 4.74 Å². The number of halogens is 3. The van der Waals surface area contributed by atoms with Crippen molar-refractivity contribution in [2.75, 3.05) is 13.7 Å². The number of ether oxygens (including phenoxy) is 1. The molecule has 5 heteroatoms. The minimum absolute atomic E-state index is 0.315. The lowest BCUT2D eigenvalue weighted by atomic mass is 9.96. The summed E-state index contributed by atoms with van der Waals surface area (Å²) in [5, 5.41) is 0. The lowest BCUT2D eigenvalue weighted by Gasteiger charge is -2.16. The maximum Gasteiger partial charge on any atom is 0.389 e. The van der Waals surface area contributed by atoms with Crippen LogP contribution in [0.1, 0.15) is 25.7 Å². The smallest absolute Gasteiger partial charge is 0.389 e. The van der Waals surface area contributed by atoms with Gasteiger partial charge < -0.3 is 4.74 Å². The van der Waals surface area contributed by atoms with Crippen molar-refractivity contribution >= 4 is 5.90 Å².